The third-order valence-corrected chi connectivity index (χ3v) is 4.98. The summed E-state index contributed by atoms with van der Waals surface area (Å²) in [5.41, 5.74) is 0.241. The van der Waals surface area contributed by atoms with Gasteiger partial charge in [0.1, 0.15) is 5.75 Å². The zero-order chi connectivity index (χ0) is 18.9. The van der Waals surface area contributed by atoms with Crippen molar-refractivity contribution in [3.05, 3.63) is 65.7 Å². The number of nitrogens with zero attached hydrogens (tertiary/aromatic N) is 1. The van der Waals surface area contributed by atoms with Crippen LogP contribution in [0.1, 0.15) is 18.1 Å². The molecular weight excluding hydrogens is 372 g/mol. The molecule has 0 aliphatic carbocycles. The molecule has 6 nitrogen and oxygen atoms in total. The minimum absolute atomic E-state index is 0.173. The molecular formula is C18H18N2O4S2. The van der Waals surface area contributed by atoms with Gasteiger partial charge in [-0.1, -0.05) is 42.5 Å². The van der Waals surface area contributed by atoms with E-state index in [-0.39, 0.29) is 11.7 Å². The van der Waals surface area contributed by atoms with E-state index in [4.69, 9.17) is 16.4 Å². The highest BCUT2D eigenvalue weighted by Crippen LogP contribution is 2.36. The Bertz CT molecular complexity index is 943. The highest BCUT2D eigenvalue weighted by molar-refractivity contribution is 7.86. The first-order chi connectivity index (χ1) is 12.3. The average Bonchev–Trinajstić information content (AvgIpc) is 2.86. The van der Waals surface area contributed by atoms with E-state index in [2.05, 4.69) is 5.32 Å². The van der Waals surface area contributed by atoms with E-state index >= 15 is 0 Å². The molecule has 0 saturated carbocycles. The van der Waals surface area contributed by atoms with Crippen LogP contribution < -0.4 is 9.50 Å². The van der Waals surface area contributed by atoms with Crippen LogP contribution in [0.25, 0.3) is 0 Å². The number of nitrogens with one attached hydrogen (secondary N) is 1. The van der Waals surface area contributed by atoms with Gasteiger partial charge in [-0.3, -0.25) is 9.69 Å². The molecule has 0 spiro atoms. The molecule has 0 bridgehead atoms. The van der Waals surface area contributed by atoms with Gasteiger partial charge in [0, 0.05) is 6.54 Å². The van der Waals surface area contributed by atoms with Crippen molar-refractivity contribution in [2.24, 2.45) is 0 Å². The third kappa shape index (κ3) is 3.17. The highest BCUT2D eigenvalue weighted by atomic mass is 32.2. The SMILES string of the molecule is CCN1C(=O)C(c2ccccc2)(c2ccc(OS(C)(=O)=O)cc2)NC1=S. The Morgan fingerprint density at radius 2 is 1.65 bits per heavy atom. The lowest BCUT2D eigenvalue weighted by molar-refractivity contribution is -0.129. The van der Waals surface area contributed by atoms with Gasteiger partial charge in [0.05, 0.1) is 6.26 Å². The fraction of sp³-hybridized carbons (Fsp3) is 0.222. The number of rotatable bonds is 5. The molecule has 1 N–H and O–H groups in total. The van der Waals surface area contributed by atoms with Crippen molar-refractivity contribution < 1.29 is 17.4 Å². The van der Waals surface area contributed by atoms with Gasteiger partial charge in [0.2, 0.25) is 0 Å². The number of likely N-dealkylation sites (N-methyl/N-ethyl adjacent to an activating group) is 1. The molecule has 8 heteroatoms. The van der Waals surface area contributed by atoms with Gasteiger partial charge < -0.3 is 9.50 Å². The van der Waals surface area contributed by atoms with Crippen LogP contribution in [-0.4, -0.2) is 37.1 Å². The lowest BCUT2D eigenvalue weighted by atomic mass is 9.82. The first-order valence-electron chi connectivity index (χ1n) is 7.97. The number of hydrogen-bond acceptors (Lipinski definition) is 5. The molecule has 0 aromatic heterocycles. The van der Waals surface area contributed by atoms with Crippen molar-refractivity contribution in [1.82, 2.24) is 10.2 Å². The summed E-state index contributed by atoms with van der Waals surface area (Å²) in [7, 11) is -3.62. The Balaban J connectivity index is 2.11. The second-order valence-electron chi connectivity index (χ2n) is 5.91. The van der Waals surface area contributed by atoms with Crippen molar-refractivity contribution in [1.29, 1.82) is 0 Å². The Morgan fingerprint density at radius 1 is 1.08 bits per heavy atom. The fourth-order valence-corrected chi connectivity index (χ4v) is 3.87. The zero-order valence-corrected chi connectivity index (χ0v) is 15.9. The molecule has 1 amide bonds. The van der Waals surface area contributed by atoms with Gasteiger partial charge in [-0.15, -0.1) is 0 Å². The number of carbonyl (C=O) groups excluding carboxylic acids is 1. The van der Waals surface area contributed by atoms with Crippen LogP contribution in [0.15, 0.2) is 54.6 Å². The Kier molecular flexibility index (Phi) is 4.72. The molecule has 2 aromatic rings. The van der Waals surface area contributed by atoms with Crippen molar-refractivity contribution >= 4 is 33.4 Å². The minimum Gasteiger partial charge on any atom is -0.383 e. The summed E-state index contributed by atoms with van der Waals surface area (Å²) in [4.78, 5) is 14.7. The second kappa shape index (κ2) is 6.69. The van der Waals surface area contributed by atoms with Crippen LogP contribution in [0.5, 0.6) is 5.75 Å². The molecule has 1 aliphatic heterocycles. The average molecular weight is 390 g/mol. The van der Waals surface area contributed by atoms with Gasteiger partial charge in [-0.25, -0.2) is 0 Å². The number of hydrogen-bond donors (Lipinski definition) is 1. The molecule has 1 atom stereocenters. The van der Waals surface area contributed by atoms with E-state index in [1.807, 2.05) is 37.3 Å². The topological polar surface area (TPSA) is 75.7 Å². The van der Waals surface area contributed by atoms with Crippen LogP contribution in [0.3, 0.4) is 0 Å². The third-order valence-electron chi connectivity index (χ3n) is 4.16. The number of thiocarbonyl (C=S) groups is 1. The molecule has 1 heterocycles. The van der Waals surface area contributed by atoms with Crippen molar-refractivity contribution in [2.45, 2.75) is 12.5 Å². The van der Waals surface area contributed by atoms with Crippen LogP contribution in [0.2, 0.25) is 0 Å². The normalized spacial score (nSPS) is 20.2. The predicted octanol–water partition coefficient (Wildman–Crippen LogP) is 2.01. The van der Waals surface area contributed by atoms with E-state index in [9.17, 15) is 13.2 Å². The summed E-state index contributed by atoms with van der Waals surface area (Å²) < 4.78 is 27.5. The molecule has 1 saturated heterocycles. The van der Waals surface area contributed by atoms with Gasteiger partial charge >= 0.3 is 10.1 Å². The lowest BCUT2D eigenvalue weighted by Crippen LogP contribution is -2.45. The van der Waals surface area contributed by atoms with Gasteiger partial charge in [0.25, 0.3) is 5.91 Å². The summed E-state index contributed by atoms with van der Waals surface area (Å²) in [6.45, 7) is 2.31. The van der Waals surface area contributed by atoms with Crippen molar-refractivity contribution in [3.8, 4) is 5.75 Å². The van der Waals surface area contributed by atoms with E-state index < -0.39 is 15.7 Å². The standard InChI is InChI=1S/C18H18N2O4S2/c1-3-20-16(21)18(19-17(20)25,13-7-5-4-6-8-13)14-9-11-15(12-10-14)24-26(2,22)23/h4-12H,3H2,1-2H3,(H,19,25). The molecule has 26 heavy (non-hydrogen) atoms. The van der Waals surface area contributed by atoms with E-state index in [1.54, 1.807) is 12.1 Å². The van der Waals surface area contributed by atoms with Crippen LogP contribution >= 0.6 is 12.2 Å². The summed E-state index contributed by atoms with van der Waals surface area (Å²) in [6.07, 6.45) is 0.978. The summed E-state index contributed by atoms with van der Waals surface area (Å²) in [5, 5.41) is 3.53. The first-order valence-corrected chi connectivity index (χ1v) is 10.2. The van der Waals surface area contributed by atoms with E-state index in [0.29, 0.717) is 17.2 Å². The highest BCUT2D eigenvalue weighted by Gasteiger charge is 2.51. The maximum atomic E-state index is 13.2. The maximum absolute atomic E-state index is 13.2. The molecule has 0 radical (unpaired) electrons. The number of carbonyl (C=O) groups is 1. The van der Waals surface area contributed by atoms with Gasteiger partial charge in [0.15, 0.2) is 10.7 Å². The Hall–Kier alpha value is -2.45. The largest absolute Gasteiger partial charge is 0.383 e. The van der Waals surface area contributed by atoms with Gasteiger partial charge in [-0.05, 0) is 42.4 Å². The lowest BCUT2D eigenvalue weighted by Gasteiger charge is -2.28. The smallest absolute Gasteiger partial charge is 0.306 e. The van der Waals surface area contributed by atoms with Crippen molar-refractivity contribution in [3.63, 3.8) is 0 Å². The maximum Gasteiger partial charge on any atom is 0.306 e. The quantitative estimate of drug-likeness (QED) is 0.622. The fourth-order valence-electron chi connectivity index (χ4n) is 3.04. The zero-order valence-electron chi connectivity index (χ0n) is 14.3. The van der Waals surface area contributed by atoms with Crippen LogP contribution in [0.4, 0.5) is 0 Å². The van der Waals surface area contributed by atoms with Crippen LogP contribution in [-0.2, 0) is 20.5 Å². The predicted molar refractivity (Wildman–Crippen MR) is 102 cm³/mol. The monoisotopic (exact) mass is 390 g/mol. The van der Waals surface area contributed by atoms with Crippen molar-refractivity contribution in [2.75, 3.05) is 12.8 Å². The van der Waals surface area contributed by atoms with E-state index in [1.165, 1.54) is 17.0 Å². The molecule has 1 aliphatic rings. The molecule has 1 fully saturated rings. The Labute approximate surface area is 157 Å². The summed E-state index contributed by atoms with van der Waals surface area (Å²) in [6, 6.07) is 15.7. The molecule has 1 unspecified atom stereocenters. The summed E-state index contributed by atoms with van der Waals surface area (Å²) in [5.74, 6) is 0.00723. The first kappa shape index (κ1) is 18.3. The van der Waals surface area contributed by atoms with Gasteiger partial charge in [-0.2, -0.15) is 8.42 Å². The second-order valence-corrected chi connectivity index (χ2v) is 7.87. The van der Waals surface area contributed by atoms with E-state index in [0.717, 1.165) is 11.8 Å². The molecule has 3 rings (SSSR count). The summed E-state index contributed by atoms with van der Waals surface area (Å²) >= 11 is 5.35. The molecule has 136 valence electrons. The van der Waals surface area contributed by atoms with Crippen LogP contribution in [0, 0.1) is 0 Å². The Morgan fingerprint density at radius 3 is 2.15 bits per heavy atom. The minimum atomic E-state index is -3.62. The number of amides is 1. The molecule has 2 aromatic carbocycles. The number of benzene rings is 2.